The largest absolute Gasteiger partial charge is 0.478 e. The summed E-state index contributed by atoms with van der Waals surface area (Å²) in [5.74, 6) is -0.828. The Hall–Kier alpha value is -2.25. The van der Waals surface area contributed by atoms with Crippen LogP contribution in [0.2, 0.25) is 10.0 Å². The lowest BCUT2D eigenvalue weighted by atomic mass is 10.2. The number of carboxylic acids is 1. The Morgan fingerprint density at radius 3 is 2.46 bits per heavy atom. The molecule has 0 atom stereocenters. The molecule has 24 heavy (non-hydrogen) atoms. The van der Waals surface area contributed by atoms with Gasteiger partial charge in [0, 0.05) is 38.4 Å². The molecule has 1 aliphatic rings. The van der Waals surface area contributed by atoms with E-state index in [1.807, 2.05) is 4.90 Å². The van der Waals surface area contributed by atoms with Gasteiger partial charge in [0.15, 0.2) is 5.76 Å². The predicted octanol–water partition coefficient (Wildman–Crippen LogP) is 2.64. The molecule has 126 valence electrons. The normalized spacial score (nSPS) is 14.8. The zero-order valence-corrected chi connectivity index (χ0v) is 13.9. The molecule has 0 bridgehead atoms. The number of nitrogens with zero attached hydrogens (tertiary/aromatic N) is 3. The molecule has 0 unspecified atom stereocenters. The van der Waals surface area contributed by atoms with Gasteiger partial charge in [0.25, 0.3) is 5.91 Å². The summed E-state index contributed by atoms with van der Waals surface area (Å²) in [6, 6.07) is 2.86. The Kier molecular flexibility index (Phi) is 4.64. The van der Waals surface area contributed by atoms with Crippen LogP contribution in [0, 0.1) is 0 Å². The van der Waals surface area contributed by atoms with E-state index < -0.39 is 5.97 Å². The summed E-state index contributed by atoms with van der Waals surface area (Å²) in [4.78, 5) is 31.0. The molecule has 3 rings (SSSR count). The van der Waals surface area contributed by atoms with Crippen LogP contribution in [-0.4, -0.2) is 53.0 Å². The van der Waals surface area contributed by atoms with E-state index in [0.29, 0.717) is 42.0 Å². The van der Waals surface area contributed by atoms with E-state index in [2.05, 4.69) is 4.98 Å². The van der Waals surface area contributed by atoms with Gasteiger partial charge in [0.05, 0.1) is 15.6 Å². The van der Waals surface area contributed by atoms with Crippen molar-refractivity contribution < 1.29 is 19.1 Å². The number of aromatic carboxylic acids is 1. The fourth-order valence-electron chi connectivity index (χ4n) is 2.48. The van der Waals surface area contributed by atoms with Gasteiger partial charge in [-0.3, -0.25) is 4.79 Å². The lowest BCUT2D eigenvalue weighted by molar-refractivity contribution is 0.0692. The van der Waals surface area contributed by atoms with Crippen molar-refractivity contribution in [2.24, 2.45) is 0 Å². The molecule has 1 fully saturated rings. The molecular weight excluding hydrogens is 357 g/mol. The number of furan rings is 1. The van der Waals surface area contributed by atoms with Crippen LogP contribution in [0.4, 0.5) is 5.82 Å². The second kappa shape index (κ2) is 6.70. The van der Waals surface area contributed by atoms with E-state index in [1.54, 1.807) is 11.0 Å². The first-order valence-corrected chi connectivity index (χ1v) is 7.88. The molecule has 9 heteroatoms. The molecule has 0 aromatic carbocycles. The minimum Gasteiger partial charge on any atom is -0.478 e. The van der Waals surface area contributed by atoms with Gasteiger partial charge in [-0.25, -0.2) is 9.78 Å². The summed E-state index contributed by atoms with van der Waals surface area (Å²) in [6.07, 6.45) is 2.58. The number of aromatic nitrogens is 1. The standard InChI is InChI=1S/C15H13Cl2N3O4/c16-10-6-11(17)13(18-7-10)19-1-3-20(4-2-19)14(21)12-5-9(8-24-12)15(22)23/h5-8H,1-4H2,(H,22,23). The third kappa shape index (κ3) is 3.32. The van der Waals surface area contributed by atoms with E-state index in [-0.39, 0.29) is 17.2 Å². The van der Waals surface area contributed by atoms with Crippen molar-refractivity contribution in [3.05, 3.63) is 46.0 Å². The Morgan fingerprint density at radius 2 is 1.88 bits per heavy atom. The van der Waals surface area contributed by atoms with Gasteiger partial charge in [-0.05, 0) is 6.07 Å². The average Bonchev–Trinajstić information content (AvgIpc) is 3.05. The highest BCUT2D eigenvalue weighted by Crippen LogP contribution is 2.27. The van der Waals surface area contributed by atoms with Crippen LogP contribution in [0.5, 0.6) is 0 Å². The molecule has 1 aliphatic heterocycles. The van der Waals surface area contributed by atoms with Crippen LogP contribution in [0.15, 0.2) is 29.0 Å². The maximum Gasteiger partial charge on any atom is 0.338 e. The van der Waals surface area contributed by atoms with E-state index in [0.717, 1.165) is 6.26 Å². The van der Waals surface area contributed by atoms with Crippen molar-refractivity contribution in [3.63, 3.8) is 0 Å². The SMILES string of the molecule is O=C(O)c1coc(C(=O)N2CCN(c3ncc(Cl)cc3Cl)CC2)c1. The van der Waals surface area contributed by atoms with Crippen molar-refractivity contribution in [3.8, 4) is 0 Å². The summed E-state index contributed by atoms with van der Waals surface area (Å²) in [7, 11) is 0. The number of rotatable bonds is 3. The van der Waals surface area contributed by atoms with Crippen LogP contribution in [0.3, 0.4) is 0 Å². The van der Waals surface area contributed by atoms with E-state index in [4.69, 9.17) is 32.7 Å². The highest BCUT2D eigenvalue weighted by atomic mass is 35.5. The Balaban J connectivity index is 1.65. The van der Waals surface area contributed by atoms with Crippen LogP contribution in [-0.2, 0) is 0 Å². The maximum absolute atomic E-state index is 12.4. The van der Waals surface area contributed by atoms with Crippen LogP contribution in [0.25, 0.3) is 0 Å². The number of hydrogen-bond donors (Lipinski definition) is 1. The van der Waals surface area contributed by atoms with Crippen molar-refractivity contribution in [2.75, 3.05) is 31.1 Å². The lowest BCUT2D eigenvalue weighted by Gasteiger charge is -2.35. The number of carboxylic acid groups (broad SMARTS) is 1. The fraction of sp³-hybridized carbons (Fsp3) is 0.267. The fourth-order valence-corrected chi connectivity index (χ4v) is 2.98. The smallest absolute Gasteiger partial charge is 0.338 e. The van der Waals surface area contributed by atoms with Gasteiger partial charge in [-0.1, -0.05) is 23.2 Å². The van der Waals surface area contributed by atoms with Gasteiger partial charge in [0.1, 0.15) is 12.1 Å². The molecule has 0 spiro atoms. The molecule has 1 saturated heterocycles. The average molecular weight is 370 g/mol. The zero-order chi connectivity index (χ0) is 17.3. The molecule has 1 amide bonds. The number of piperazine rings is 1. The molecule has 1 N–H and O–H groups in total. The number of carbonyl (C=O) groups is 2. The summed E-state index contributed by atoms with van der Waals surface area (Å²) < 4.78 is 5.05. The molecule has 2 aromatic rings. The minimum atomic E-state index is -1.13. The van der Waals surface area contributed by atoms with Crippen molar-refractivity contribution in [1.29, 1.82) is 0 Å². The minimum absolute atomic E-state index is 0.0171. The topological polar surface area (TPSA) is 86.9 Å². The van der Waals surface area contributed by atoms with Crippen molar-refractivity contribution in [2.45, 2.75) is 0 Å². The van der Waals surface area contributed by atoms with E-state index in [1.165, 1.54) is 12.3 Å². The predicted molar refractivity (Wildman–Crippen MR) is 88.0 cm³/mol. The first-order valence-electron chi connectivity index (χ1n) is 7.13. The van der Waals surface area contributed by atoms with Crippen molar-refractivity contribution in [1.82, 2.24) is 9.88 Å². The van der Waals surface area contributed by atoms with Gasteiger partial charge in [-0.15, -0.1) is 0 Å². The van der Waals surface area contributed by atoms with Gasteiger partial charge in [-0.2, -0.15) is 0 Å². The van der Waals surface area contributed by atoms with Crippen LogP contribution in [0.1, 0.15) is 20.9 Å². The number of anilines is 1. The van der Waals surface area contributed by atoms with Gasteiger partial charge >= 0.3 is 5.97 Å². The zero-order valence-electron chi connectivity index (χ0n) is 12.4. The van der Waals surface area contributed by atoms with Crippen LogP contribution >= 0.6 is 23.2 Å². The number of pyridine rings is 1. The first-order chi connectivity index (χ1) is 11.5. The quantitative estimate of drug-likeness (QED) is 0.894. The highest BCUT2D eigenvalue weighted by molar-refractivity contribution is 6.36. The Morgan fingerprint density at radius 1 is 1.17 bits per heavy atom. The second-order valence-electron chi connectivity index (χ2n) is 5.24. The number of halogens is 2. The molecule has 7 nitrogen and oxygen atoms in total. The molecule has 2 aromatic heterocycles. The van der Waals surface area contributed by atoms with Crippen LogP contribution < -0.4 is 4.90 Å². The van der Waals surface area contributed by atoms with E-state index in [9.17, 15) is 9.59 Å². The third-order valence-electron chi connectivity index (χ3n) is 3.71. The maximum atomic E-state index is 12.4. The number of carbonyl (C=O) groups excluding carboxylic acids is 1. The summed E-state index contributed by atoms with van der Waals surface area (Å²) in [5.41, 5.74) is -0.0471. The molecule has 3 heterocycles. The Labute approximate surface area is 147 Å². The second-order valence-corrected chi connectivity index (χ2v) is 6.09. The Bertz CT molecular complexity index is 785. The van der Waals surface area contributed by atoms with Gasteiger partial charge < -0.3 is 19.3 Å². The summed E-state index contributed by atoms with van der Waals surface area (Å²) >= 11 is 12.0. The molecular formula is C15H13Cl2N3O4. The molecule has 0 saturated carbocycles. The first kappa shape index (κ1) is 16.6. The molecule has 0 radical (unpaired) electrons. The third-order valence-corrected chi connectivity index (χ3v) is 4.20. The summed E-state index contributed by atoms with van der Waals surface area (Å²) in [5, 5.41) is 9.80. The highest BCUT2D eigenvalue weighted by Gasteiger charge is 2.26. The van der Waals surface area contributed by atoms with E-state index >= 15 is 0 Å². The van der Waals surface area contributed by atoms with Crippen molar-refractivity contribution >= 4 is 40.9 Å². The monoisotopic (exact) mass is 369 g/mol. The number of amides is 1. The molecule has 0 aliphatic carbocycles. The lowest BCUT2D eigenvalue weighted by Crippen LogP contribution is -2.49. The summed E-state index contributed by atoms with van der Waals surface area (Å²) in [6.45, 7) is 1.99. The van der Waals surface area contributed by atoms with Gasteiger partial charge in [0.2, 0.25) is 0 Å². The number of hydrogen-bond acceptors (Lipinski definition) is 5.